The Morgan fingerprint density at radius 2 is 2.18 bits per heavy atom. The van der Waals surface area contributed by atoms with Gasteiger partial charge >= 0.3 is 0 Å². The molecule has 0 saturated carbocycles. The highest BCUT2D eigenvalue weighted by molar-refractivity contribution is 9.10. The quantitative estimate of drug-likeness (QED) is 0.661. The molecule has 0 unspecified atom stereocenters. The highest BCUT2D eigenvalue weighted by atomic mass is 79.9. The van der Waals surface area contributed by atoms with Gasteiger partial charge in [-0.15, -0.1) is 0 Å². The van der Waals surface area contributed by atoms with Crippen molar-refractivity contribution in [2.45, 2.75) is 6.92 Å². The van der Waals surface area contributed by atoms with Gasteiger partial charge < -0.3 is 0 Å². The first-order valence-electron chi connectivity index (χ1n) is 3.06. The first-order chi connectivity index (χ1) is 5.15. The summed E-state index contributed by atoms with van der Waals surface area (Å²) in [5, 5.41) is 0. The van der Waals surface area contributed by atoms with E-state index in [1.54, 1.807) is 13.0 Å². The van der Waals surface area contributed by atoms with Gasteiger partial charge in [0.05, 0.1) is 5.56 Å². The predicted octanol–water partition coefficient (Wildman–Crippen LogP) is 2.71. The van der Waals surface area contributed by atoms with E-state index in [0.29, 0.717) is 16.3 Å². The molecule has 0 amide bonds. The van der Waals surface area contributed by atoms with Crippen LogP contribution in [0.25, 0.3) is 0 Å². The zero-order valence-electron chi connectivity index (χ0n) is 5.90. The van der Waals surface area contributed by atoms with Gasteiger partial charge in [-0.2, -0.15) is 0 Å². The summed E-state index contributed by atoms with van der Waals surface area (Å²) in [4.78, 5) is 10.3. The standard InChI is InChI=1S/C8H6BrFO/c1-5-2-6(9)3-8(10)7(5)4-11/h2-4H,1H3. The van der Waals surface area contributed by atoms with Crippen LogP contribution in [0.4, 0.5) is 4.39 Å². The van der Waals surface area contributed by atoms with Crippen molar-refractivity contribution in [1.29, 1.82) is 0 Å². The Labute approximate surface area is 72.4 Å². The molecule has 0 heterocycles. The lowest BCUT2D eigenvalue weighted by Crippen LogP contribution is -1.91. The molecule has 0 aromatic heterocycles. The largest absolute Gasteiger partial charge is 0.298 e. The average molecular weight is 217 g/mol. The zero-order chi connectivity index (χ0) is 8.43. The van der Waals surface area contributed by atoms with E-state index in [4.69, 9.17) is 0 Å². The van der Waals surface area contributed by atoms with Crippen molar-refractivity contribution >= 4 is 22.2 Å². The van der Waals surface area contributed by atoms with Gasteiger partial charge in [0, 0.05) is 4.47 Å². The van der Waals surface area contributed by atoms with Crippen LogP contribution in [0.15, 0.2) is 16.6 Å². The maximum Gasteiger partial charge on any atom is 0.153 e. The van der Waals surface area contributed by atoms with Gasteiger partial charge in [0.1, 0.15) is 5.82 Å². The van der Waals surface area contributed by atoms with Gasteiger partial charge in [-0.05, 0) is 24.6 Å². The van der Waals surface area contributed by atoms with Crippen LogP contribution in [0.1, 0.15) is 15.9 Å². The Bertz CT molecular complexity index is 273. The second kappa shape index (κ2) is 3.13. The van der Waals surface area contributed by atoms with Crippen molar-refractivity contribution < 1.29 is 9.18 Å². The fourth-order valence-electron chi connectivity index (χ4n) is 0.863. The normalized spacial score (nSPS) is 9.73. The molecule has 0 aliphatic heterocycles. The third-order valence-corrected chi connectivity index (χ3v) is 1.88. The Kier molecular flexibility index (Phi) is 2.39. The summed E-state index contributed by atoms with van der Waals surface area (Å²) in [6.45, 7) is 1.69. The molecule has 0 aliphatic rings. The van der Waals surface area contributed by atoms with E-state index in [9.17, 15) is 9.18 Å². The van der Waals surface area contributed by atoms with Crippen molar-refractivity contribution in [3.8, 4) is 0 Å². The monoisotopic (exact) mass is 216 g/mol. The van der Waals surface area contributed by atoms with E-state index in [1.807, 2.05) is 0 Å². The number of aldehydes is 1. The van der Waals surface area contributed by atoms with Crippen molar-refractivity contribution in [3.05, 3.63) is 33.5 Å². The van der Waals surface area contributed by atoms with E-state index in [2.05, 4.69) is 15.9 Å². The highest BCUT2D eigenvalue weighted by Crippen LogP contribution is 2.18. The minimum atomic E-state index is -0.480. The van der Waals surface area contributed by atoms with Crippen LogP contribution in [0.5, 0.6) is 0 Å². The number of hydrogen-bond acceptors (Lipinski definition) is 1. The maximum absolute atomic E-state index is 12.9. The smallest absolute Gasteiger partial charge is 0.153 e. The molecular formula is C8H6BrFO. The number of hydrogen-bond donors (Lipinski definition) is 0. The van der Waals surface area contributed by atoms with Crippen molar-refractivity contribution in [1.82, 2.24) is 0 Å². The fourth-order valence-corrected chi connectivity index (χ4v) is 1.41. The molecule has 1 aromatic rings. The van der Waals surface area contributed by atoms with Crippen molar-refractivity contribution in [2.24, 2.45) is 0 Å². The van der Waals surface area contributed by atoms with Gasteiger partial charge in [-0.25, -0.2) is 4.39 Å². The number of aryl methyl sites for hydroxylation is 1. The predicted molar refractivity (Wildman–Crippen MR) is 44.2 cm³/mol. The topological polar surface area (TPSA) is 17.1 Å². The molecule has 3 heteroatoms. The van der Waals surface area contributed by atoms with Crippen molar-refractivity contribution in [3.63, 3.8) is 0 Å². The summed E-state index contributed by atoms with van der Waals surface area (Å²) in [6, 6.07) is 2.98. The fraction of sp³-hybridized carbons (Fsp3) is 0.125. The SMILES string of the molecule is Cc1cc(Br)cc(F)c1C=O. The van der Waals surface area contributed by atoms with Gasteiger partial charge in [-0.3, -0.25) is 4.79 Å². The van der Waals surface area contributed by atoms with Gasteiger partial charge in [0.25, 0.3) is 0 Å². The number of rotatable bonds is 1. The van der Waals surface area contributed by atoms with Crippen LogP contribution in [0.3, 0.4) is 0 Å². The molecule has 0 saturated heterocycles. The Morgan fingerprint density at radius 1 is 1.55 bits per heavy atom. The molecular weight excluding hydrogens is 211 g/mol. The molecule has 1 nitrogen and oxygen atoms in total. The highest BCUT2D eigenvalue weighted by Gasteiger charge is 2.04. The summed E-state index contributed by atoms with van der Waals surface area (Å²) in [6.07, 6.45) is 0.525. The molecule has 1 rings (SSSR count). The summed E-state index contributed by atoms with van der Waals surface area (Å²) in [5.74, 6) is -0.480. The van der Waals surface area contributed by atoms with Crippen LogP contribution in [0, 0.1) is 12.7 Å². The number of carbonyl (C=O) groups excluding carboxylic acids is 1. The Hall–Kier alpha value is -0.700. The Morgan fingerprint density at radius 3 is 2.64 bits per heavy atom. The zero-order valence-corrected chi connectivity index (χ0v) is 7.48. The van der Waals surface area contributed by atoms with Gasteiger partial charge in [-0.1, -0.05) is 15.9 Å². The third kappa shape index (κ3) is 1.66. The van der Waals surface area contributed by atoms with Crippen molar-refractivity contribution in [2.75, 3.05) is 0 Å². The number of halogens is 2. The van der Waals surface area contributed by atoms with E-state index in [1.165, 1.54) is 6.07 Å². The second-order valence-corrected chi connectivity index (χ2v) is 3.15. The van der Waals surface area contributed by atoms with E-state index in [0.717, 1.165) is 0 Å². The molecule has 0 radical (unpaired) electrons. The lowest BCUT2D eigenvalue weighted by molar-refractivity contribution is 0.111. The molecule has 0 aliphatic carbocycles. The van der Waals surface area contributed by atoms with E-state index in [-0.39, 0.29) is 5.56 Å². The molecule has 0 atom stereocenters. The summed E-state index contributed by atoms with van der Waals surface area (Å²) in [5.41, 5.74) is 0.778. The average Bonchev–Trinajstić information content (AvgIpc) is 1.85. The first kappa shape index (κ1) is 8.40. The molecule has 0 N–H and O–H groups in total. The number of carbonyl (C=O) groups is 1. The van der Waals surface area contributed by atoms with Crippen LogP contribution in [-0.4, -0.2) is 6.29 Å². The van der Waals surface area contributed by atoms with E-state index >= 15 is 0 Å². The molecule has 1 aromatic carbocycles. The summed E-state index contributed by atoms with van der Waals surface area (Å²) >= 11 is 3.12. The second-order valence-electron chi connectivity index (χ2n) is 2.24. The third-order valence-electron chi connectivity index (χ3n) is 1.42. The first-order valence-corrected chi connectivity index (χ1v) is 3.85. The van der Waals surface area contributed by atoms with Crippen LogP contribution in [0.2, 0.25) is 0 Å². The minimum absolute atomic E-state index is 0.133. The molecule has 11 heavy (non-hydrogen) atoms. The minimum Gasteiger partial charge on any atom is -0.298 e. The molecule has 0 spiro atoms. The molecule has 58 valence electrons. The molecule has 0 fully saturated rings. The van der Waals surface area contributed by atoms with Gasteiger partial charge in [0.2, 0.25) is 0 Å². The van der Waals surface area contributed by atoms with E-state index < -0.39 is 5.82 Å². The van der Waals surface area contributed by atoms with Crippen LogP contribution >= 0.6 is 15.9 Å². The van der Waals surface area contributed by atoms with Crippen LogP contribution < -0.4 is 0 Å². The van der Waals surface area contributed by atoms with Crippen LogP contribution in [-0.2, 0) is 0 Å². The maximum atomic E-state index is 12.9. The summed E-state index contributed by atoms with van der Waals surface area (Å²) < 4.78 is 13.5. The lowest BCUT2D eigenvalue weighted by Gasteiger charge is -1.99. The van der Waals surface area contributed by atoms with Gasteiger partial charge in [0.15, 0.2) is 6.29 Å². The summed E-state index contributed by atoms with van der Waals surface area (Å²) in [7, 11) is 0. The molecule has 0 bridgehead atoms. The Balaban J connectivity index is 3.36. The number of benzene rings is 1. The lowest BCUT2D eigenvalue weighted by atomic mass is 10.1.